The number of hydrogen-bond donors (Lipinski definition) is 2. The molecule has 1 atom stereocenters. The molecule has 142 valence electrons. The Morgan fingerprint density at radius 3 is 2.07 bits per heavy atom. The highest BCUT2D eigenvalue weighted by atomic mass is 32.2. The first-order chi connectivity index (χ1) is 13.5. The molecule has 3 N–H and O–H groups in total. The van der Waals surface area contributed by atoms with Crippen LogP contribution in [-0.2, 0) is 9.54 Å². The first-order valence-electron chi connectivity index (χ1n) is 9.09. The Hall–Kier alpha value is -2.21. The summed E-state index contributed by atoms with van der Waals surface area (Å²) >= 11 is 3.37. The molecule has 4 rings (SSSR count). The van der Waals surface area contributed by atoms with Gasteiger partial charge < -0.3 is 10.8 Å². The van der Waals surface area contributed by atoms with Crippen LogP contribution in [0.2, 0.25) is 0 Å². The van der Waals surface area contributed by atoms with Crippen LogP contribution in [-0.4, -0.2) is 22.9 Å². The second-order valence-corrected chi connectivity index (χ2v) is 9.22. The van der Waals surface area contributed by atoms with Crippen LogP contribution in [0.4, 0.5) is 0 Å². The first kappa shape index (κ1) is 19.1. The molecule has 1 heterocycles. The maximum absolute atomic E-state index is 11.4. The van der Waals surface area contributed by atoms with Crippen LogP contribution < -0.4 is 5.73 Å². The number of thioether (sulfide) groups is 1. The molecular weight excluding hydrogens is 386 g/mol. The van der Waals surface area contributed by atoms with Gasteiger partial charge in [-0.05, 0) is 35.7 Å². The van der Waals surface area contributed by atoms with Gasteiger partial charge in [0.25, 0.3) is 0 Å². The number of hydrogen-bond acceptors (Lipinski definition) is 4. The highest BCUT2D eigenvalue weighted by Crippen LogP contribution is 2.57. The van der Waals surface area contributed by atoms with Crippen LogP contribution in [0.5, 0.6) is 0 Å². The fraction of sp³-hybridized carbons (Fsp3) is 0.174. The quantitative estimate of drug-likeness (QED) is 0.630. The average molecular weight is 408 g/mol. The van der Waals surface area contributed by atoms with E-state index in [0.29, 0.717) is 5.75 Å². The summed E-state index contributed by atoms with van der Waals surface area (Å²) in [6.45, 7) is 2.07. The molecule has 3 aromatic carbocycles. The van der Waals surface area contributed by atoms with E-state index in [0.717, 1.165) is 5.56 Å². The fourth-order valence-corrected chi connectivity index (χ4v) is 6.44. The molecule has 0 saturated heterocycles. The van der Waals surface area contributed by atoms with Crippen molar-refractivity contribution in [1.29, 1.82) is 0 Å². The second kappa shape index (κ2) is 7.66. The summed E-state index contributed by atoms with van der Waals surface area (Å²) < 4.78 is -0.501. The number of benzene rings is 3. The second-order valence-electron chi connectivity index (χ2n) is 6.90. The van der Waals surface area contributed by atoms with Gasteiger partial charge in [0.15, 0.2) is 0 Å². The lowest BCUT2D eigenvalue weighted by atomic mass is 9.83. The lowest BCUT2D eigenvalue weighted by Gasteiger charge is -2.41. The third-order valence-corrected chi connectivity index (χ3v) is 7.79. The van der Waals surface area contributed by atoms with Crippen LogP contribution >= 0.6 is 23.5 Å². The zero-order valence-electron chi connectivity index (χ0n) is 15.5. The first-order valence-corrected chi connectivity index (χ1v) is 10.9. The molecule has 0 aromatic heterocycles. The molecule has 0 saturated carbocycles. The molecule has 0 bridgehead atoms. The molecule has 0 aliphatic carbocycles. The van der Waals surface area contributed by atoms with E-state index < -0.39 is 16.8 Å². The topological polar surface area (TPSA) is 63.3 Å². The van der Waals surface area contributed by atoms with Gasteiger partial charge in [-0.1, -0.05) is 78.0 Å². The van der Waals surface area contributed by atoms with E-state index in [4.69, 9.17) is 5.73 Å². The van der Waals surface area contributed by atoms with E-state index in [-0.39, 0.29) is 0 Å². The van der Waals surface area contributed by atoms with Crippen molar-refractivity contribution < 1.29 is 9.90 Å². The van der Waals surface area contributed by atoms with Gasteiger partial charge in [0, 0.05) is 15.5 Å². The summed E-state index contributed by atoms with van der Waals surface area (Å²) in [5.41, 5.74) is 10.6. The van der Waals surface area contributed by atoms with Crippen LogP contribution in [0.15, 0.2) is 82.6 Å². The van der Waals surface area contributed by atoms with Crippen LogP contribution in [0.1, 0.15) is 22.3 Å². The molecule has 1 aliphatic rings. The Kier molecular flexibility index (Phi) is 5.23. The third kappa shape index (κ3) is 3.24. The largest absolute Gasteiger partial charge is 0.480 e. The molecule has 5 heteroatoms. The zero-order chi connectivity index (χ0) is 19.7. The Morgan fingerprint density at radius 2 is 1.54 bits per heavy atom. The predicted molar refractivity (Wildman–Crippen MR) is 116 cm³/mol. The normalized spacial score (nSPS) is 15.4. The number of fused-ring (bicyclic) bond motifs is 2. The van der Waals surface area contributed by atoms with Crippen molar-refractivity contribution in [2.24, 2.45) is 5.73 Å². The smallest absolute Gasteiger partial charge is 0.321 e. The Morgan fingerprint density at radius 1 is 1.00 bits per heavy atom. The van der Waals surface area contributed by atoms with E-state index >= 15 is 0 Å². The van der Waals surface area contributed by atoms with Gasteiger partial charge in [0.1, 0.15) is 6.04 Å². The van der Waals surface area contributed by atoms with Crippen LogP contribution in [0, 0.1) is 6.92 Å². The van der Waals surface area contributed by atoms with E-state index in [9.17, 15) is 9.90 Å². The van der Waals surface area contributed by atoms with Crippen molar-refractivity contribution in [3.05, 3.63) is 95.1 Å². The van der Waals surface area contributed by atoms with E-state index in [1.807, 2.05) is 24.3 Å². The van der Waals surface area contributed by atoms with E-state index in [2.05, 4.69) is 55.5 Å². The van der Waals surface area contributed by atoms with Gasteiger partial charge in [0.2, 0.25) is 0 Å². The maximum atomic E-state index is 11.4. The fourth-order valence-electron chi connectivity index (χ4n) is 3.58. The van der Waals surface area contributed by atoms with Gasteiger partial charge >= 0.3 is 5.97 Å². The minimum Gasteiger partial charge on any atom is -0.480 e. The standard InChI is InChI=1S/C23H21NO2S2/c1-15-10-12-16(13-11-15)23(27-14-19(24)22(25)26)17-6-2-4-8-20(17)28-21-9-5-3-7-18(21)23/h2-13,19H,14,24H2,1H3,(H,25,26)/t19-/m1/s1. The predicted octanol–water partition coefficient (Wildman–Crippen LogP) is 4.90. The van der Waals surface area contributed by atoms with Crippen molar-refractivity contribution in [3.63, 3.8) is 0 Å². The zero-order valence-corrected chi connectivity index (χ0v) is 17.1. The van der Waals surface area contributed by atoms with Gasteiger partial charge in [0.05, 0.1) is 4.75 Å². The Labute approximate surface area is 173 Å². The van der Waals surface area contributed by atoms with Crippen molar-refractivity contribution in [2.75, 3.05) is 5.75 Å². The minimum absolute atomic E-state index is 0.316. The molecule has 0 unspecified atom stereocenters. The average Bonchev–Trinajstić information content (AvgIpc) is 2.71. The molecule has 3 aromatic rings. The van der Waals surface area contributed by atoms with Gasteiger partial charge in [-0.3, -0.25) is 4.79 Å². The maximum Gasteiger partial charge on any atom is 0.321 e. The monoisotopic (exact) mass is 407 g/mol. The number of nitrogens with two attached hydrogens (primary N) is 1. The summed E-state index contributed by atoms with van der Waals surface area (Å²) in [5.74, 6) is -0.658. The Balaban J connectivity index is 1.97. The van der Waals surface area contributed by atoms with Crippen LogP contribution in [0.3, 0.4) is 0 Å². The summed E-state index contributed by atoms with van der Waals surface area (Å²) in [6.07, 6.45) is 0. The number of aryl methyl sites for hydroxylation is 1. The molecule has 0 fully saturated rings. The summed E-state index contributed by atoms with van der Waals surface area (Å²) in [7, 11) is 0. The van der Waals surface area contributed by atoms with Gasteiger partial charge in [-0.25, -0.2) is 0 Å². The lowest BCUT2D eigenvalue weighted by molar-refractivity contribution is -0.137. The van der Waals surface area contributed by atoms with Gasteiger partial charge in [-0.2, -0.15) is 0 Å². The van der Waals surface area contributed by atoms with Crippen molar-refractivity contribution in [1.82, 2.24) is 0 Å². The van der Waals surface area contributed by atoms with Crippen molar-refractivity contribution in [3.8, 4) is 0 Å². The summed E-state index contributed by atoms with van der Waals surface area (Å²) in [5, 5.41) is 9.35. The summed E-state index contributed by atoms with van der Waals surface area (Å²) in [4.78, 5) is 13.8. The highest BCUT2D eigenvalue weighted by molar-refractivity contribution is 8.01. The highest BCUT2D eigenvalue weighted by Gasteiger charge is 2.43. The number of rotatable bonds is 5. The van der Waals surface area contributed by atoms with Gasteiger partial charge in [-0.15, -0.1) is 11.8 Å². The summed E-state index contributed by atoms with van der Waals surface area (Å²) in [6, 6.07) is 24.4. The SMILES string of the molecule is Cc1ccc(C2(SC[C@@H](N)C(=O)O)c3ccccc3Sc3ccccc32)cc1. The number of carbonyl (C=O) groups is 1. The van der Waals surface area contributed by atoms with Crippen LogP contribution in [0.25, 0.3) is 0 Å². The molecule has 0 spiro atoms. The van der Waals surface area contributed by atoms with Crippen molar-refractivity contribution >= 4 is 29.5 Å². The van der Waals surface area contributed by atoms with Crippen molar-refractivity contribution in [2.45, 2.75) is 27.5 Å². The minimum atomic E-state index is -0.974. The number of carboxylic acids is 1. The van der Waals surface area contributed by atoms with E-state index in [1.54, 1.807) is 23.5 Å². The lowest BCUT2D eigenvalue weighted by Crippen LogP contribution is -2.37. The number of aliphatic carboxylic acids is 1. The third-order valence-electron chi connectivity index (χ3n) is 5.01. The molecule has 3 nitrogen and oxygen atoms in total. The molecule has 0 amide bonds. The molecular formula is C23H21NO2S2. The molecule has 1 aliphatic heterocycles. The molecule has 0 radical (unpaired) electrons. The van der Waals surface area contributed by atoms with E-state index in [1.165, 1.54) is 26.5 Å². The molecule has 28 heavy (non-hydrogen) atoms. The number of carboxylic acid groups (broad SMARTS) is 1. The Bertz CT molecular complexity index is 972.